The zero-order valence-corrected chi connectivity index (χ0v) is 14.1. The molecule has 0 radical (unpaired) electrons. The number of para-hydroxylation sites is 1. The highest BCUT2D eigenvalue weighted by Gasteiger charge is 2.19. The molecule has 0 N–H and O–H groups in total. The van der Waals surface area contributed by atoms with Crippen LogP contribution >= 0.6 is 0 Å². The predicted octanol–water partition coefficient (Wildman–Crippen LogP) is 2.37. The van der Waals surface area contributed by atoms with Crippen molar-refractivity contribution in [2.24, 2.45) is 0 Å². The Morgan fingerprint density at radius 3 is 2.12 bits per heavy atom. The Labute approximate surface area is 144 Å². The quantitative estimate of drug-likeness (QED) is 0.565. The molecule has 1 aromatic heterocycles. The summed E-state index contributed by atoms with van der Waals surface area (Å²) >= 11 is 0. The number of Topliss-reactive ketones (excluding diaryl/α,β-unsaturated/α-hetero) is 1. The Morgan fingerprint density at radius 1 is 0.880 bits per heavy atom. The van der Waals surface area contributed by atoms with Crippen LogP contribution in [0.2, 0.25) is 0 Å². The maximum atomic E-state index is 12.4. The molecule has 7 nitrogen and oxygen atoms in total. The van der Waals surface area contributed by atoms with Crippen molar-refractivity contribution in [2.75, 3.05) is 14.2 Å². The van der Waals surface area contributed by atoms with E-state index < -0.39 is 11.9 Å². The van der Waals surface area contributed by atoms with E-state index in [2.05, 4.69) is 9.47 Å². The van der Waals surface area contributed by atoms with Gasteiger partial charge in [-0.15, -0.1) is 0 Å². The molecule has 0 aliphatic rings. The van der Waals surface area contributed by atoms with E-state index >= 15 is 0 Å². The zero-order valence-electron chi connectivity index (χ0n) is 14.1. The summed E-state index contributed by atoms with van der Waals surface area (Å²) < 4.78 is 10.4. The van der Waals surface area contributed by atoms with E-state index in [9.17, 15) is 19.2 Å². The number of ether oxygens (including phenoxy) is 2. The van der Waals surface area contributed by atoms with Crippen LogP contribution in [0.1, 0.15) is 40.8 Å². The summed E-state index contributed by atoms with van der Waals surface area (Å²) in [5.41, 5.74) is 0.949. The molecule has 25 heavy (non-hydrogen) atoms. The minimum atomic E-state index is -0.473. The van der Waals surface area contributed by atoms with Gasteiger partial charge < -0.3 is 9.47 Å². The highest BCUT2D eigenvalue weighted by molar-refractivity contribution is 6.10. The minimum Gasteiger partial charge on any atom is -0.469 e. The molecular formula is C18H19NO6. The summed E-state index contributed by atoms with van der Waals surface area (Å²) in [6, 6.07) is 6.99. The fourth-order valence-corrected chi connectivity index (χ4v) is 2.49. The van der Waals surface area contributed by atoms with Crippen LogP contribution in [-0.2, 0) is 19.1 Å². The van der Waals surface area contributed by atoms with Crippen molar-refractivity contribution >= 4 is 34.5 Å². The number of rotatable bonds is 7. The van der Waals surface area contributed by atoms with E-state index in [-0.39, 0.29) is 37.4 Å². The third-order valence-electron chi connectivity index (χ3n) is 3.84. The van der Waals surface area contributed by atoms with Gasteiger partial charge in [-0.2, -0.15) is 0 Å². The Bertz CT molecular complexity index is 754. The number of methoxy groups -OCH3 is 2. The summed E-state index contributed by atoms with van der Waals surface area (Å²) in [7, 11) is 2.52. The van der Waals surface area contributed by atoms with Gasteiger partial charge in [0.05, 0.1) is 32.6 Å². The van der Waals surface area contributed by atoms with Gasteiger partial charge in [0.1, 0.15) is 0 Å². The molecule has 1 aromatic carbocycles. The maximum absolute atomic E-state index is 12.4. The Hall–Kier alpha value is -2.96. The van der Waals surface area contributed by atoms with Gasteiger partial charge in [-0.1, -0.05) is 18.2 Å². The number of esters is 2. The Morgan fingerprint density at radius 2 is 1.48 bits per heavy atom. The summed E-state index contributed by atoms with van der Waals surface area (Å²) in [6.07, 6.45) is 1.38. The van der Waals surface area contributed by atoms with Crippen LogP contribution < -0.4 is 0 Å². The smallest absolute Gasteiger partial charge is 0.306 e. The normalized spacial score (nSPS) is 10.5. The van der Waals surface area contributed by atoms with Crippen molar-refractivity contribution in [1.82, 2.24) is 4.57 Å². The number of nitrogens with zero attached hydrogens (tertiary/aromatic N) is 1. The average Bonchev–Trinajstić information content (AvgIpc) is 3.03. The third kappa shape index (κ3) is 4.32. The van der Waals surface area contributed by atoms with Crippen molar-refractivity contribution < 1.29 is 28.7 Å². The number of fused-ring (bicyclic) bond motifs is 1. The second-order valence-electron chi connectivity index (χ2n) is 5.40. The maximum Gasteiger partial charge on any atom is 0.306 e. The first kappa shape index (κ1) is 18.4. The number of ketones is 1. The SMILES string of the molecule is COC(=O)CCC(=O)c1cn(C(=O)CCC(=O)OC)c2ccccc12. The highest BCUT2D eigenvalue weighted by atomic mass is 16.5. The number of aromatic nitrogens is 1. The van der Waals surface area contributed by atoms with Gasteiger partial charge in [0, 0.05) is 30.0 Å². The number of hydrogen-bond donors (Lipinski definition) is 0. The molecule has 1 heterocycles. The van der Waals surface area contributed by atoms with Crippen molar-refractivity contribution in [2.45, 2.75) is 25.7 Å². The fourth-order valence-electron chi connectivity index (χ4n) is 2.49. The van der Waals surface area contributed by atoms with Crippen molar-refractivity contribution in [3.05, 3.63) is 36.0 Å². The Balaban J connectivity index is 2.27. The van der Waals surface area contributed by atoms with Gasteiger partial charge in [-0.3, -0.25) is 23.7 Å². The first-order valence-corrected chi connectivity index (χ1v) is 7.78. The van der Waals surface area contributed by atoms with Crippen molar-refractivity contribution in [3.8, 4) is 0 Å². The van der Waals surface area contributed by atoms with Crippen LogP contribution in [0.15, 0.2) is 30.5 Å². The second kappa shape index (κ2) is 8.23. The topological polar surface area (TPSA) is 91.7 Å². The van der Waals surface area contributed by atoms with Crippen LogP contribution in [0.5, 0.6) is 0 Å². The van der Waals surface area contributed by atoms with Gasteiger partial charge in [-0.25, -0.2) is 0 Å². The summed E-state index contributed by atoms with van der Waals surface area (Å²) in [6.45, 7) is 0. The lowest BCUT2D eigenvalue weighted by molar-refractivity contribution is -0.141. The average molecular weight is 345 g/mol. The van der Waals surface area contributed by atoms with Crippen LogP contribution in [-0.4, -0.2) is 42.4 Å². The third-order valence-corrected chi connectivity index (χ3v) is 3.84. The van der Waals surface area contributed by atoms with E-state index in [0.29, 0.717) is 16.5 Å². The molecule has 0 bridgehead atoms. The summed E-state index contributed by atoms with van der Waals surface area (Å²) in [5.74, 6) is -1.50. The molecule has 2 rings (SSSR count). The largest absolute Gasteiger partial charge is 0.469 e. The molecule has 7 heteroatoms. The van der Waals surface area contributed by atoms with Gasteiger partial charge >= 0.3 is 11.9 Å². The first-order valence-electron chi connectivity index (χ1n) is 7.78. The van der Waals surface area contributed by atoms with Gasteiger partial charge in [0.2, 0.25) is 5.91 Å². The molecule has 0 aliphatic heterocycles. The van der Waals surface area contributed by atoms with Crippen molar-refractivity contribution in [1.29, 1.82) is 0 Å². The Kier molecular flexibility index (Phi) is 6.05. The molecule has 0 saturated heterocycles. The highest BCUT2D eigenvalue weighted by Crippen LogP contribution is 2.23. The fraction of sp³-hybridized carbons (Fsp3) is 0.333. The van der Waals surface area contributed by atoms with E-state index in [1.54, 1.807) is 24.3 Å². The number of carbonyl (C=O) groups is 4. The molecule has 0 unspecified atom stereocenters. The van der Waals surface area contributed by atoms with Gasteiger partial charge in [-0.05, 0) is 6.07 Å². The second-order valence-corrected chi connectivity index (χ2v) is 5.40. The standard InChI is InChI=1S/C18H19NO6/c1-24-17(22)9-7-15(20)13-11-19(14-6-4-3-5-12(13)14)16(21)8-10-18(23)25-2/h3-6,11H,7-10H2,1-2H3. The summed E-state index contributed by atoms with van der Waals surface area (Å²) in [4.78, 5) is 47.3. The molecule has 0 spiro atoms. The molecule has 0 aliphatic carbocycles. The molecule has 0 atom stereocenters. The molecule has 2 aromatic rings. The van der Waals surface area contributed by atoms with Crippen LogP contribution in [0.4, 0.5) is 0 Å². The van der Waals surface area contributed by atoms with E-state index in [4.69, 9.17) is 0 Å². The van der Waals surface area contributed by atoms with E-state index in [0.717, 1.165) is 0 Å². The van der Waals surface area contributed by atoms with E-state index in [1.807, 2.05) is 0 Å². The molecule has 0 saturated carbocycles. The van der Waals surface area contributed by atoms with Gasteiger partial charge in [0.15, 0.2) is 5.78 Å². The zero-order chi connectivity index (χ0) is 18.4. The van der Waals surface area contributed by atoms with Crippen LogP contribution in [0.25, 0.3) is 10.9 Å². The number of hydrogen-bond acceptors (Lipinski definition) is 6. The van der Waals surface area contributed by atoms with Crippen LogP contribution in [0.3, 0.4) is 0 Å². The first-order chi connectivity index (χ1) is 12.0. The lowest BCUT2D eigenvalue weighted by Crippen LogP contribution is -2.12. The molecular weight excluding hydrogens is 326 g/mol. The monoisotopic (exact) mass is 345 g/mol. The minimum absolute atomic E-state index is 0.00294. The summed E-state index contributed by atoms with van der Waals surface area (Å²) in [5, 5.41) is 0.629. The van der Waals surface area contributed by atoms with Crippen LogP contribution in [0, 0.1) is 0 Å². The lowest BCUT2D eigenvalue weighted by Gasteiger charge is -2.03. The molecule has 0 amide bonds. The van der Waals surface area contributed by atoms with E-state index in [1.165, 1.54) is 25.0 Å². The van der Waals surface area contributed by atoms with Gasteiger partial charge in [0.25, 0.3) is 0 Å². The molecule has 132 valence electrons. The molecule has 0 fully saturated rings. The predicted molar refractivity (Wildman–Crippen MR) is 89.4 cm³/mol. The van der Waals surface area contributed by atoms with Crippen molar-refractivity contribution in [3.63, 3.8) is 0 Å². The lowest BCUT2D eigenvalue weighted by atomic mass is 10.1. The number of benzene rings is 1. The number of carbonyl (C=O) groups excluding carboxylic acids is 4.